The Balaban J connectivity index is 3.01. The molecule has 0 radical (unpaired) electrons. The molecule has 1 aromatic rings. The van der Waals surface area contributed by atoms with E-state index in [9.17, 15) is 9.59 Å². The maximum atomic E-state index is 11.3. The van der Waals surface area contributed by atoms with Gasteiger partial charge in [-0.3, -0.25) is 9.59 Å². The van der Waals surface area contributed by atoms with Gasteiger partial charge in [-0.2, -0.15) is 0 Å². The molecular formula is C9H10BrNO3. The van der Waals surface area contributed by atoms with Crippen LogP contribution in [0.15, 0.2) is 15.5 Å². The molecule has 1 aromatic heterocycles. The molecule has 0 aliphatic rings. The van der Waals surface area contributed by atoms with Crippen LogP contribution in [0.5, 0.6) is 0 Å². The van der Waals surface area contributed by atoms with Crippen LogP contribution in [-0.4, -0.2) is 16.1 Å². The molecule has 0 aliphatic heterocycles. The number of carboxylic acid groups (broad SMARTS) is 1. The third-order valence-electron chi connectivity index (χ3n) is 2.00. The molecule has 0 fully saturated rings. The first-order chi connectivity index (χ1) is 6.52. The van der Waals surface area contributed by atoms with E-state index < -0.39 is 5.97 Å². The fraction of sp³-hybridized carbons (Fsp3) is 0.333. The van der Waals surface area contributed by atoms with Gasteiger partial charge >= 0.3 is 5.97 Å². The largest absolute Gasteiger partial charge is 0.481 e. The number of rotatable bonds is 3. The van der Waals surface area contributed by atoms with Crippen LogP contribution in [0.3, 0.4) is 0 Å². The van der Waals surface area contributed by atoms with E-state index in [0.717, 1.165) is 10.0 Å². The average molecular weight is 260 g/mol. The highest BCUT2D eigenvalue weighted by molar-refractivity contribution is 9.10. The number of aromatic nitrogens is 1. The summed E-state index contributed by atoms with van der Waals surface area (Å²) >= 11 is 3.27. The minimum absolute atomic E-state index is 0.0274. The molecule has 1 heterocycles. The van der Waals surface area contributed by atoms with Crippen LogP contribution in [-0.2, 0) is 11.2 Å². The first-order valence-corrected chi connectivity index (χ1v) is 4.90. The summed E-state index contributed by atoms with van der Waals surface area (Å²) in [5.41, 5.74) is 1.11. The average Bonchev–Trinajstić information content (AvgIpc) is 2.11. The van der Waals surface area contributed by atoms with Crippen LogP contribution < -0.4 is 5.56 Å². The summed E-state index contributed by atoms with van der Waals surface area (Å²) in [4.78, 5) is 24.2. The van der Waals surface area contributed by atoms with Gasteiger partial charge in [0.05, 0.1) is 0 Å². The Hall–Kier alpha value is -1.10. The molecule has 5 heteroatoms. The summed E-state index contributed by atoms with van der Waals surface area (Å²) in [6.07, 6.45) is 1.79. The van der Waals surface area contributed by atoms with Crippen LogP contribution in [0.4, 0.5) is 0 Å². The maximum absolute atomic E-state index is 11.3. The van der Waals surface area contributed by atoms with Gasteiger partial charge < -0.3 is 10.1 Å². The highest BCUT2D eigenvalue weighted by atomic mass is 79.9. The Bertz CT molecular complexity index is 411. The molecular weight excluding hydrogens is 250 g/mol. The fourth-order valence-electron chi connectivity index (χ4n) is 1.17. The van der Waals surface area contributed by atoms with Crippen LogP contribution in [0.1, 0.15) is 17.5 Å². The van der Waals surface area contributed by atoms with E-state index in [4.69, 9.17) is 5.11 Å². The fourth-order valence-corrected chi connectivity index (χ4v) is 1.53. The molecule has 0 atom stereocenters. The number of halogens is 1. The van der Waals surface area contributed by atoms with Gasteiger partial charge in [0.1, 0.15) is 0 Å². The van der Waals surface area contributed by atoms with Gasteiger partial charge in [-0.25, -0.2) is 0 Å². The molecule has 0 unspecified atom stereocenters. The number of nitrogens with one attached hydrogen (secondary N) is 1. The molecule has 0 saturated heterocycles. The van der Waals surface area contributed by atoms with Gasteiger partial charge in [-0.1, -0.05) is 0 Å². The van der Waals surface area contributed by atoms with Crippen molar-refractivity contribution < 1.29 is 9.90 Å². The van der Waals surface area contributed by atoms with Gasteiger partial charge in [0, 0.05) is 22.7 Å². The number of hydrogen-bond acceptors (Lipinski definition) is 2. The molecule has 14 heavy (non-hydrogen) atoms. The molecule has 0 amide bonds. The number of pyridine rings is 1. The number of carboxylic acids is 1. The normalized spacial score (nSPS) is 10.1. The molecule has 1 rings (SSSR count). The minimum Gasteiger partial charge on any atom is -0.481 e. The van der Waals surface area contributed by atoms with E-state index in [2.05, 4.69) is 20.9 Å². The zero-order valence-corrected chi connectivity index (χ0v) is 9.22. The second kappa shape index (κ2) is 4.41. The minimum atomic E-state index is -0.899. The van der Waals surface area contributed by atoms with Gasteiger partial charge in [-0.05, 0) is 34.8 Å². The Kier molecular flexibility index (Phi) is 3.46. The topological polar surface area (TPSA) is 70.2 Å². The number of aliphatic carboxylic acids is 1. The van der Waals surface area contributed by atoms with Gasteiger partial charge in [0.2, 0.25) is 0 Å². The van der Waals surface area contributed by atoms with Crippen molar-refractivity contribution in [1.82, 2.24) is 4.98 Å². The quantitative estimate of drug-likeness (QED) is 0.864. The first-order valence-electron chi connectivity index (χ1n) is 4.11. The Morgan fingerprint density at radius 1 is 1.64 bits per heavy atom. The Labute approximate surface area is 89.1 Å². The molecule has 76 valence electrons. The highest BCUT2D eigenvalue weighted by Gasteiger charge is 2.08. The van der Waals surface area contributed by atoms with E-state index in [1.54, 1.807) is 13.1 Å². The van der Waals surface area contributed by atoms with Crippen molar-refractivity contribution >= 4 is 21.9 Å². The monoisotopic (exact) mass is 259 g/mol. The summed E-state index contributed by atoms with van der Waals surface area (Å²) in [5.74, 6) is -0.899. The van der Waals surface area contributed by atoms with E-state index in [1.165, 1.54) is 0 Å². The van der Waals surface area contributed by atoms with Crippen molar-refractivity contribution in [1.29, 1.82) is 0 Å². The van der Waals surface area contributed by atoms with E-state index in [0.29, 0.717) is 5.56 Å². The number of H-pyrrole nitrogens is 1. The summed E-state index contributed by atoms with van der Waals surface area (Å²) in [6, 6.07) is 0. The molecule has 0 saturated carbocycles. The van der Waals surface area contributed by atoms with Gasteiger partial charge in [0.15, 0.2) is 0 Å². The first kappa shape index (κ1) is 11.0. The summed E-state index contributed by atoms with van der Waals surface area (Å²) in [5, 5.41) is 8.50. The summed E-state index contributed by atoms with van der Waals surface area (Å²) in [6.45, 7) is 1.79. The van der Waals surface area contributed by atoms with Crippen LogP contribution >= 0.6 is 15.9 Å². The van der Waals surface area contributed by atoms with Crippen molar-refractivity contribution in [3.05, 3.63) is 32.2 Å². The van der Waals surface area contributed by atoms with Crippen molar-refractivity contribution in [3.63, 3.8) is 0 Å². The number of aromatic amines is 1. The number of carbonyl (C=O) groups is 1. The second-order valence-corrected chi connectivity index (χ2v) is 3.82. The second-order valence-electron chi connectivity index (χ2n) is 2.96. The molecule has 0 bridgehead atoms. The summed E-state index contributed by atoms with van der Waals surface area (Å²) < 4.78 is 0.789. The van der Waals surface area contributed by atoms with Gasteiger partial charge in [-0.15, -0.1) is 0 Å². The lowest BCUT2D eigenvalue weighted by Gasteiger charge is -2.04. The van der Waals surface area contributed by atoms with E-state index in [-0.39, 0.29) is 18.4 Å². The smallest absolute Gasteiger partial charge is 0.303 e. The van der Waals surface area contributed by atoms with Gasteiger partial charge in [0.25, 0.3) is 5.56 Å². The molecule has 0 spiro atoms. The molecule has 4 nitrogen and oxygen atoms in total. The Morgan fingerprint density at radius 2 is 2.29 bits per heavy atom. The lowest BCUT2D eigenvalue weighted by atomic mass is 10.1. The van der Waals surface area contributed by atoms with Crippen molar-refractivity contribution in [2.75, 3.05) is 0 Å². The SMILES string of the molecule is Cc1c(Br)c[nH]c(=O)c1CCC(=O)O. The Morgan fingerprint density at radius 3 is 2.86 bits per heavy atom. The van der Waals surface area contributed by atoms with E-state index >= 15 is 0 Å². The zero-order valence-electron chi connectivity index (χ0n) is 7.63. The maximum Gasteiger partial charge on any atom is 0.303 e. The zero-order chi connectivity index (χ0) is 10.7. The number of hydrogen-bond donors (Lipinski definition) is 2. The highest BCUT2D eigenvalue weighted by Crippen LogP contribution is 2.16. The molecule has 0 aliphatic carbocycles. The van der Waals surface area contributed by atoms with E-state index in [1.807, 2.05) is 0 Å². The summed E-state index contributed by atoms with van der Waals surface area (Å²) in [7, 11) is 0. The van der Waals surface area contributed by atoms with Crippen LogP contribution in [0.2, 0.25) is 0 Å². The predicted molar refractivity (Wildman–Crippen MR) is 55.5 cm³/mol. The predicted octanol–water partition coefficient (Wildman–Crippen LogP) is 1.46. The van der Waals surface area contributed by atoms with Crippen molar-refractivity contribution in [2.45, 2.75) is 19.8 Å². The third-order valence-corrected chi connectivity index (χ3v) is 2.83. The lowest BCUT2D eigenvalue weighted by Crippen LogP contribution is -2.15. The van der Waals surface area contributed by atoms with Crippen LogP contribution in [0.25, 0.3) is 0 Å². The molecule has 0 aromatic carbocycles. The third kappa shape index (κ3) is 2.45. The van der Waals surface area contributed by atoms with Crippen LogP contribution in [0, 0.1) is 6.92 Å². The van der Waals surface area contributed by atoms with Crippen molar-refractivity contribution in [2.24, 2.45) is 0 Å². The molecule has 2 N–H and O–H groups in total. The lowest BCUT2D eigenvalue weighted by molar-refractivity contribution is -0.136. The van der Waals surface area contributed by atoms with Crippen molar-refractivity contribution in [3.8, 4) is 0 Å². The standard InChI is InChI=1S/C9H10BrNO3/c1-5-6(2-3-8(12)13)9(14)11-4-7(5)10/h4H,2-3H2,1H3,(H,11,14)(H,12,13).